The van der Waals surface area contributed by atoms with E-state index in [9.17, 15) is 9.90 Å². The van der Waals surface area contributed by atoms with Crippen molar-refractivity contribution < 1.29 is 14.6 Å². The minimum atomic E-state index is -0.975. The van der Waals surface area contributed by atoms with E-state index in [2.05, 4.69) is 28.5 Å². The number of ether oxygens (including phenoxy) is 1. The molecule has 30 heavy (non-hydrogen) atoms. The number of aromatic nitrogens is 1. The van der Waals surface area contributed by atoms with Crippen LogP contribution in [-0.2, 0) is 6.42 Å². The van der Waals surface area contributed by atoms with Gasteiger partial charge in [-0.15, -0.1) is 0 Å². The lowest BCUT2D eigenvalue weighted by molar-refractivity contribution is 0.0698. The summed E-state index contributed by atoms with van der Waals surface area (Å²) in [6.45, 7) is 2.04. The van der Waals surface area contributed by atoms with Gasteiger partial charge in [-0.1, -0.05) is 30.3 Å². The zero-order valence-corrected chi connectivity index (χ0v) is 16.8. The third-order valence-electron chi connectivity index (χ3n) is 5.42. The van der Waals surface area contributed by atoms with E-state index >= 15 is 0 Å². The number of pyridine rings is 1. The summed E-state index contributed by atoms with van der Waals surface area (Å²) in [6.07, 6.45) is 10.1. The maximum atomic E-state index is 11.3. The molecule has 4 rings (SSSR count). The fourth-order valence-electron chi connectivity index (χ4n) is 3.84. The van der Waals surface area contributed by atoms with Crippen molar-refractivity contribution >= 4 is 11.7 Å². The minimum absolute atomic E-state index is 0.205. The molecule has 2 aromatic carbocycles. The molecule has 0 aliphatic heterocycles. The Bertz CT molecular complexity index is 1090. The Morgan fingerprint density at radius 2 is 2.10 bits per heavy atom. The molecule has 0 saturated carbocycles. The number of nitrogens with zero attached hydrogens (tertiary/aromatic N) is 1. The number of nitrogens with one attached hydrogen (secondary N) is 1. The third-order valence-corrected chi connectivity index (χ3v) is 5.42. The Morgan fingerprint density at radius 1 is 1.23 bits per heavy atom. The first kappa shape index (κ1) is 19.7. The summed E-state index contributed by atoms with van der Waals surface area (Å²) in [5.41, 5.74) is 4.39. The Balaban J connectivity index is 1.50. The maximum Gasteiger partial charge on any atom is 0.337 e. The largest absolute Gasteiger partial charge is 0.478 e. The lowest BCUT2D eigenvalue weighted by Gasteiger charge is -2.24. The normalized spacial score (nSPS) is 15.6. The summed E-state index contributed by atoms with van der Waals surface area (Å²) < 4.78 is 6.09. The lowest BCUT2D eigenvalue weighted by atomic mass is 9.83. The fourth-order valence-corrected chi connectivity index (χ4v) is 3.84. The van der Waals surface area contributed by atoms with Gasteiger partial charge in [-0.2, -0.15) is 0 Å². The van der Waals surface area contributed by atoms with Gasteiger partial charge >= 0.3 is 5.97 Å². The molecule has 1 heterocycles. The number of allylic oxidation sites excluding steroid dienone is 1. The van der Waals surface area contributed by atoms with E-state index in [-0.39, 0.29) is 11.5 Å². The predicted octanol–water partition coefficient (Wildman–Crippen LogP) is 5.93. The molecule has 1 unspecified atom stereocenters. The number of aromatic carboxylic acids is 1. The van der Waals surface area contributed by atoms with Crippen LogP contribution in [0, 0.1) is 6.92 Å². The highest BCUT2D eigenvalue weighted by Gasteiger charge is 2.19. The highest BCUT2D eigenvalue weighted by atomic mass is 16.5. The smallest absolute Gasteiger partial charge is 0.337 e. The lowest BCUT2D eigenvalue weighted by Crippen LogP contribution is -2.09. The van der Waals surface area contributed by atoms with E-state index in [0.29, 0.717) is 5.69 Å². The van der Waals surface area contributed by atoms with Crippen LogP contribution >= 0.6 is 0 Å². The first-order chi connectivity index (χ1) is 14.6. The highest BCUT2D eigenvalue weighted by Crippen LogP contribution is 2.36. The summed E-state index contributed by atoms with van der Waals surface area (Å²) in [5, 5.41) is 12.4. The number of benzene rings is 2. The molecule has 0 fully saturated rings. The molecular formula is C25H24N2O3. The number of hydrogen-bond acceptors (Lipinski definition) is 4. The van der Waals surface area contributed by atoms with Gasteiger partial charge in [-0.3, -0.25) is 4.98 Å². The quantitative estimate of drug-likeness (QED) is 0.537. The van der Waals surface area contributed by atoms with Gasteiger partial charge in [0.25, 0.3) is 0 Å². The molecule has 1 aromatic heterocycles. The van der Waals surface area contributed by atoms with Gasteiger partial charge < -0.3 is 15.2 Å². The van der Waals surface area contributed by atoms with Crippen LogP contribution in [0.4, 0.5) is 5.69 Å². The van der Waals surface area contributed by atoms with Crippen molar-refractivity contribution in [2.24, 2.45) is 0 Å². The van der Waals surface area contributed by atoms with Crippen LogP contribution < -0.4 is 10.1 Å². The zero-order chi connectivity index (χ0) is 20.9. The molecule has 5 nitrogen and oxygen atoms in total. The van der Waals surface area contributed by atoms with Crippen molar-refractivity contribution in [3.63, 3.8) is 0 Å². The van der Waals surface area contributed by atoms with E-state index in [1.54, 1.807) is 0 Å². The van der Waals surface area contributed by atoms with Crippen LogP contribution in [0.25, 0.3) is 0 Å². The second-order valence-electron chi connectivity index (χ2n) is 7.46. The molecule has 1 atom stereocenters. The Labute approximate surface area is 176 Å². The minimum Gasteiger partial charge on any atom is -0.478 e. The van der Waals surface area contributed by atoms with Crippen molar-refractivity contribution in [2.45, 2.75) is 32.1 Å². The SMILES string of the molecule is Cc1ccccc1Oc1ccc2c(c1)CCCC2/C=C/Nc1cnccc1C(=O)O. The van der Waals surface area contributed by atoms with Gasteiger partial charge in [-0.25, -0.2) is 4.79 Å². The van der Waals surface area contributed by atoms with E-state index in [0.717, 1.165) is 36.3 Å². The number of carbonyl (C=O) groups is 1. The van der Waals surface area contributed by atoms with Crippen molar-refractivity contribution in [2.75, 3.05) is 5.32 Å². The number of anilines is 1. The third kappa shape index (κ3) is 4.35. The van der Waals surface area contributed by atoms with Crippen molar-refractivity contribution in [3.8, 4) is 11.5 Å². The highest BCUT2D eigenvalue weighted by molar-refractivity contribution is 5.94. The Morgan fingerprint density at radius 3 is 2.93 bits per heavy atom. The van der Waals surface area contributed by atoms with Crippen LogP contribution in [0.2, 0.25) is 0 Å². The van der Waals surface area contributed by atoms with Gasteiger partial charge in [0.15, 0.2) is 0 Å². The van der Waals surface area contributed by atoms with Crippen molar-refractivity contribution in [3.05, 3.63) is 95.5 Å². The molecule has 0 amide bonds. The average Bonchev–Trinajstić information content (AvgIpc) is 2.75. The number of carboxylic acids is 1. The summed E-state index contributed by atoms with van der Waals surface area (Å²) >= 11 is 0. The topological polar surface area (TPSA) is 71.5 Å². The van der Waals surface area contributed by atoms with Gasteiger partial charge in [0, 0.05) is 12.1 Å². The molecule has 3 aromatic rings. The van der Waals surface area contributed by atoms with Crippen LogP contribution in [0.15, 0.2) is 73.2 Å². The van der Waals surface area contributed by atoms with E-state index in [4.69, 9.17) is 4.74 Å². The molecule has 2 N–H and O–H groups in total. The van der Waals surface area contributed by atoms with E-state index in [1.807, 2.05) is 43.5 Å². The Hall–Kier alpha value is -3.60. The standard InChI is InChI=1S/C25H24N2O3/c1-17-5-2-3-8-24(17)30-20-9-10-21-18(6-4-7-19(21)15-20)11-14-27-23-16-26-13-12-22(23)25(28)29/h2-3,5,8-16,18,27H,4,6-7H2,1H3,(H,28,29)/b14-11+. The van der Waals surface area contributed by atoms with Gasteiger partial charge in [0.1, 0.15) is 11.5 Å². The Kier molecular flexibility index (Phi) is 5.80. The van der Waals surface area contributed by atoms with Crippen molar-refractivity contribution in [1.82, 2.24) is 4.98 Å². The van der Waals surface area contributed by atoms with Gasteiger partial charge in [0.2, 0.25) is 0 Å². The zero-order valence-electron chi connectivity index (χ0n) is 16.8. The van der Waals surface area contributed by atoms with Gasteiger partial charge in [0.05, 0.1) is 17.4 Å². The number of para-hydroxylation sites is 1. The van der Waals surface area contributed by atoms with Gasteiger partial charge in [-0.05, 0) is 73.3 Å². The molecule has 152 valence electrons. The average molecular weight is 400 g/mol. The number of aryl methyl sites for hydroxylation is 2. The molecule has 1 aliphatic rings. The van der Waals surface area contributed by atoms with E-state index < -0.39 is 5.97 Å². The second-order valence-corrected chi connectivity index (χ2v) is 7.46. The second kappa shape index (κ2) is 8.82. The maximum absolute atomic E-state index is 11.3. The molecule has 1 aliphatic carbocycles. The van der Waals surface area contributed by atoms with E-state index in [1.165, 1.54) is 29.6 Å². The number of rotatable bonds is 6. The summed E-state index contributed by atoms with van der Waals surface area (Å²) in [7, 11) is 0. The van der Waals surface area contributed by atoms with Crippen LogP contribution in [0.3, 0.4) is 0 Å². The number of hydrogen-bond donors (Lipinski definition) is 2. The molecule has 5 heteroatoms. The molecule has 0 bridgehead atoms. The summed E-state index contributed by atoms with van der Waals surface area (Å²) in [4.78, 5) is 15.3. The van der Waals surface area contributed by atoms with Crippen molar-refractivity contribution in [1.29, 1.82) is 0 Å². The van der Waals surface area contributed by atoms with Crippen LogP contribution in [0.1, 0.15) is 45.8 Å². The number of carboxylic acid groups (broad SMARTS) is 1. The monoisotopic (exact) mass is 400 g/mol. The first-order valence-corrected chi connectivity index (χ1v) is 10.1. The first-order valence-electron chi connectivity index (χ1n) is 10.1. The molecule has 0 radical (unpaired) electrons. The summed E-state index contributed by atoms with van der Waals surface area (Å²) in [6, 6.07) is 15.8. The molecule has 0 saturated heterocycles. The van der Waals surface area contributed by atoms with Crippen LogP contribution in [-0.4, -0.2) is 16.1 Å². The fraction of sp³-hybridized carbons (Fsp3) is 0.200. The summed E-state index contributed by atoms with van der Waals surface area (Å²) in [5.74, 6) is 1.03. The molecular weight excluding hydrogens is 376 g/mol. The predicted molar refractivity (Wildman–Crippen MR) is 117 cm³/mol. The molecule has 0 spiro atoms. The van der Waals surface area contributed by atoms with Crippen LogP contribution in [0.5, 0.6) is 11.5 Å². The number of fused-ring (bicyclic) bond motifs is 1.